The third kappa shape index (κ3) is 7.01. The Balaban J connectivity index is 2.39. The molecular formula is C12H22O3S. The van der Waals surface area contributed by atoms with Crippen molar-refractivity contribution in [3.05, 3.63) is 11.5 Å². The lowest BCUT2D eigenvalue weighted by Crippen LogP contribution is -2.03. The van der Waals surface area contributed by atoms with Crippen LogP contribution in [0.5, 0.6) is 0 Å². The van der Waals surface area contributed by atoms with Crippen molar-refractivity contribution in [2.45, 2.75) is 57.8 Å². The molecule has 0 atom stereocenters. The number of allylic oxidation sites excluding steroid dienone is 1. The first-order chi connectivity index (χ1) is 7.71. The minimum Gasteiger partial charge on any atom is -0.267 e. The molecule has 0 aliphatic carbocycles. The average molecular weight is 246 g/mol. The number of rotatable bonds is 0. The Kier molecular flexibility index (Phi) is 6.73. The van der Waals surface area contributed by atoms with Gasteiger partial charge in [-0.2, -0.15) is 8.42 Å². The van der Waals surface area contributed by atoms with Crippen molar-refractivity contribution in [1.29, 1.82) is 0 Å². The Morgan fingerprint density at radius 1 is 0.812 bits per heavy atom. The van der Waals surface area contributed by atoms with Crippen LogP contribution in [0.15, 0.2) is 11.5 Å². The summed E-state index contributed by atoms with van der Waals surface area (Å²) in [5.41, 5.74) is 0. The van der Waals surface area contributed by atoms with Crippen LogP contribution in [-0.2, 0) is 14.3 Å². The van der Waals surface area contributed by atoms with Gasteiger partial charge in [-0.05, 0) is 19.3 Å². The molecule has 1 aliphatic rings. The van der Waals surface area contributed by atoms with E-state index < -0.39 is 10.1 Å². The van der Waals surface area contributed by atoms with Gasteiger partial charge in [-0.3, -0.25) is 4.18 Å². The Hall–Kier alpha value is -0.350. The fraction of sp³-hybridized carbons (Fsp3) is 0.833. The predicted molar refractivity (Wildman–Crippen MR) is 65.6 cm³/mol. The summed E-state index contributed by atoms with van der Waals surface area (Å²) in [5, 5.41) is 1.21. The van der Waals surface area contributed by atoms with Gasteiger partial charge in [0, 0.05) is 0 Å². The Labute approximate surface area is 99.0 Å². The van der Waals surface area contributed by atoms with Gasteiger partial charge in [0.2, 0.25) is 0 Å². The zero-order valence-electron chi connectivity index (χ0n) is 9.86. The highest BCUT2D eigenvalue weighted by Crippen LogP contribution is 2.11. The lowest BCUT2D eigenvalue weighted by atomic mass is 10.1. The summed E-state index contributed by atoms with van der Waals surface area (Å²) >= 11 is 0. The SMILES string of the molecule is O=S1(=O)/C=C\CCCCCCCCCCO1. The molecule has 4 heteroatoms. The van der Waals surface area contributed by atoms with E-state index in [0.29, 0.717) is 6.61 Å². The van der Waals surface area contributed by atoms with Crippen LogP contribution in [0.3, 0.4) is 0 Å². The van der Waals surface area contributed by atoms with Gasteiger partial charge in [0.15, 0.2) is 0 Å². The van der Waals surface area contributed by atoms with E-state index in [1.54, 1.807) is 6.08 Å². The summed E-state index contributed by atoms with van der Waals surface area (Å²) in [6.45, 7) is 0.326. The molecule has 0 bridgehead atoms. The van der Waals surface area contributed by atoms with E-state index in [-0.39, 0.29) is 0 Å². The maximum atomic E-state index is 11.3. The van der Waals surface area contributed by atoms with Gasteiger partial charge < -0.3 is 0 Å². The normalized spacial score (nSPS) is 26.8. The van der Waals surface area contributed by atoms with E-state index >= 15 is 0 Å². The van der Waals surface area contributed by atoms with E-state index in [1.807, 2.05) is 0 Å². The van der Waals surface area contributed by atoms with Crippen LogP contribution in [0.25, 0.3) is 0 Å². The molecule has 0 radical (unpaired) electrons. The van der Waals surface area contributed by atoms with Crippen LogP contribution in [0.2, 0.25) is 0 Å². The first-order valence-electron chi connectivity index (χ1n) is 6.27. The van der Waals surface area contributed by atoms with Crippen molar-refractivity contribution < 1.29 is 12.6 Å². The van der Waals surface area contributed by atoms with Crippen molar-refractivity contribution >= 4 is 10.1 Å². The van der Waals surface area contributed by atoms with Gasteiger partial charge in [-0.15, -0.1) is 0 Å². The monoisotopic (exact) mass is 246 g/mol. The Bertz CT molecular complexity index is 293. The molecule has 16 heavy (non-hydrogen) atoms. The summed E-state index contributed by atoms with van der Waals surface area (Å²) < 4.78 is 27.5. The fourth-order valence-corrected chi connectivity index (χ4v) is 2.63. The Morgan fingerprint density at radius 3 is 2.06 bits per heavy atom. The van der Waals surface area contributed by atoms with Crippen molar-refractivity contribution in [2.24, 2.45) is 0 Å². The third-order valence-corrected chi connectivity index (χ3v) is 3.80. The highest BCUT2D eigenvalue weighted by Gasteiger charge is 2.05. The quantitative estimate of drug-likeness (QED) is 0.615. The molecule has 0 fully saturated rings. The van der Waals surface area contributed by atoms with Gasteiger partial charge in [0.05, 0.1) is 12.0 Å². The molecule has 0 aromatic heterocycles. The van der Waals surface area contributed by atoms with Crippen LogP contribution < -0.4 is 0 Å². The smallest absolute Gasteiger partial charge is 0.267 e. The molecule has 0 amide bonds. The van der Waals surface area contributed by atoms with Gasteiger partial charge >= 0.3 is 0 Å². The average Bonchev–Trinajstić information content (AvgIpc) is 2.24. The topological polar surface area (TPSA) is 43.4 Å². The van der Waals surface area contributed by atoms with Crippen LogP contribution in [0.4, 0.5) is 0 Å². The van der Waals surface area contributed by atoms with Crippen molar-refractivity contribution in [2.75, 3.05) is 6.61 Å². The highest BCUT2D eigenvalue weighted by molar-refractivity contribution is 7.89. The lowest BCUT2D eigenvalue weighted by Gasteiger charge is -2.04. The summed E-state index contributed by atoms with van der Waals surface area (Å²) in [5.74, 6) is 0. The largest absolute Gasteiger partial charge is 0.289 e. The van der Waals surface area contributed by atoms with Gasteiger partial charge in [-0.1, -0.05) is 44.6 Å². The second-order valence-electron chi connectivity index (χ2n) is 4.30. The standard InChI is InChI=1S/C12H22O3S/c13-16(14)12-10-8-6-4-2-1-3-5-7-9-11-15-16/h10,12H,1-9,11H2/b12-10-. The predicted octanol–water partition coefficient (Wildman–Crippen LogP) is 3.37. The van der Waals surface area contributed by atoms with Crippen LogP contribution in [0, 0.1) is 0 Å². The van der Waals surface area contributed by atoms with E-state index in [1.165, 1.54) is 37.5 Å². The fourth-order valence-electron chi connectivity index (χ4n) is 1.83. The summed E-state index contributed by atoms with van der Waals surface area (Å²) in [6.07, 6.45) is 11.8. The summed E-state index contributed by atoms with van der Waals surface area (Å²) in [6, 6.07) is 0. The number of hydrogen-bond donors (Lipinski definition) is 0. The maximum Gasteiger partial charge on any atom is 0.289 e. The van der Waals surface area contributed by atoms with Crippen LogP contribution in [0.1, 0.15) is 57.8 Å². The van der Waals surface area contributed by atoms with Gasteiger partial charge in [-0.25, -0.2) is 0 Å². The summed E-state index contributed by atoms with van der Waals surface area (Å²) in [7, 11) is -3.41. The minimum atomic E-state index is -3.41. The molecule has 0 spiro atoms. The van der Waals surface area contributed by atoms with Crippen molar-refractivity contribution in [3.63, 3.8) is 0 Å². The zero-order valence-corrected chi connectivity index (χ0v) is 10.7. The van der Waals surface area contributed by atoms with Crippen LogP contribution >= 0.6 is 0 Å². The molecule has 0 saturated heterocycles. The van der Waals surface area contributed by atoms with Crippen LogP contribution in [-0.4, -0.2) is 15.0 Å². The van der Waals surface area contributed by atoms with E-state index in [0.717, 1.165) is 25.7 Å². The minimum absolute atomic E-state index is 0.326. The molecular weight excluding hydrogens is 224 g/mol. The molecule has 0 aromatic carbocycles. The second kappa shape index (κ2) is 7.85. The zero-order chi connectivity index (χ0) is 11.7. The molecule has 0 aromatic rings. The molecule has 94 valence electrons. The second-order valence-corrected chi connectivity index (χ2v) is 5.80. The molecule has 1 heterocycles. The molecule has 0 saturated carbocycles. The van der Waals surface area contributed by atoms with E-state index in [4.69, 9.17) is 4.18 Å². The van der Waals surface area contributed by atoms with E-state index in [9.17, 15) is 8.42 Å². The van der Waals surface area contributed by atoms with Gasteiger partial charge in [0.25, 0.3) is 10.1 Å². The lowest BCUT2D eigenvalue weighted by molar-refractivity contribution is 0.311. The third-order valence-electron chi connectivity index (χ3n) is 2.78. The highest BCUT2D eigenvalue weighted by atomic mass is 32.2. The molecule has 1 aliphatic heterocycles. The number of hydrogen-bond acceptors (Lipinski definition) is 3. The molecule has 0 unspecified atom stereocenters. The molecule has 1 rings (SSSR count). The summed E-state index contributed by atoms with van der Waals surface area (Å²) in [4.78, 5) is 0. The van der Waals surface area contributed by atoms with Crippen molar-refractivity contribution in [3.8, 4) is 0 Å². The van der Waals surface area contributed by atoms with Crippen molar-refractivity contribution in [1.82, 2.24) is 0 Å². The first-order valence-corrected chi connectivity index (χ1v) is 7.74. The Morgan fingerprint density at radius 2 is 1.38 bits per heavy atom. The first kappa shape index (κ1) is 13.7. The van der Waals surface area contributed by atoms with Gasteiger partial charge in [0.1, 0.15) is 0 Å². The molecule has 3 nitrogen and oxygen atoms in total. The van der Waals surface area contributed by atoms with E-state index in [2.05, 4.69) is 0 Å². The molecule has 0 N–H and O–H groups in total. The maximum absolute atomic E-state index is 11.3.